The number of rotatable bonds is 3. The van der Waals surface area contributed by atoms with Gasteiger partial charge in [0.15, 0.2) is 0 Å². The molecule has 1 saturated heterocycles. The third-order valence-electron chi connectivity index (χ3n) is 3.29. The van der Waals surface area contributed by atoms with Gasteiger partial charge in [-0.15, -0.1) is 0 Å². The van der Waals surface area contributed by atoms with Crippen molar-refractivity contribution in [2.24, 2.45) is 0 Å². The van der Waals surface area contributed by atoms with Crippen molar-refractivity contribution < 1.29 is 14.3 Å². The fraction of sp³-hybridized carbons (Fsp3) is 0.438. The summed E-state index contributed by atoms with van der Waals surface area (Å²) in [4.78, 5) is 12.0. The van der Waals surface area contributed by atoms with Gasteiger partial charge in [-0.2, -0.15) is 11.8 Å². The first-order valence-electron chi connectivity index (χ1n) is 7.00. The first-order chi connectivity index (χ1) is 10.2. The lowest BCUT2D eigenvalue weighted by molar-refractivity contribution is 0.0949. The highest BCUT2D eigenvalue weighted by molar-refractivity contribution is 7.99. The Morgan fingerprint density at radius 3 is 3.00 bits per heavy atom. The Bertz CT molecular complexity index is 559. The number of amides is 1. The zero-order valence-corrected chi connectivity index (χ0v) is 12.5. The highest BCUT2D eigenvalue weighted by Gasteiger charge is 2.17. The molecule has 1 fully saturated rings. The number of hydrogen-bond acceptors (Lipinski definition) is 3. The van der Waals surface area contributed by atoms with Crippen LogP contribution < -0.4 is 5.32 Å². The van der Waals surface area contributed by atoms with Crippen LogP contribution in [-0.4, -0.2) is 35.2 Å². The van der Waals surface area contributed by atoms with Crippen LogP contribution in [0.1, 0.15) is 35.2 Å². The fourth-order valence-electron chi connectivity index (χ4n) is 2.19. The first-order valence-corrected chi connectivity index (χ1v) is 8.04. The molecule has 1 atom stereocenters. The number of benzene rings is 1. The molecule has 1 heterocycles. The summed E-state index contributed by atoms with van der Waals surface area (Å²) >= 11 is 1.87. The number of thioether (sulfide) groups is 1. The van der Waals surface area contributed by atoms with Crippen molar-refractivity contribution >= 4 is 17.7 Å². The quantitative estimate of drug-likeness (QED) is 0.842. The van der Waals surface area contributed by atoms with E-state index in [9.17, 15) is 9.18 Å². The first kappa shape index (κ1) is 15.9. The van der Waals surface area contributed by atoms with Crippen LogP contribution >= 0.6 is 11.8 Å². The van der Waals surface area contributed by atoms with Crippen LogP contribution in [0.2, 0.25) is 0 Å². The Labute approximate surface area is 128 Å². The molecular formula is C16H18FNO2S. The summed E-state index contributed by atoms with van der Waals surface area (Å²) in [6, 6.07) is 4.23. The Morgan fingerprint density at radius 2 is 2.33 bits per heavy atom. The summed E-state index contributed by atoms with van der Waals surface area (Å²) in [6.07, 6.45) is 3.53. The second-order valence-corrected chi connectivity index (χ2v) is 6.26. The minimum atomic E-state index is -0.589. The van der Waals surface area contributed by atoms with Gasteiger partial charge in [-0.1, -0.05) is 18.3 Å². The van der Waals surface area contributed by atoms with E-state index in [-0.39, 0.29) is 18.1 Å². The van der Waals surface area contributed by atoms with Gasteiger partial charge in [0, 0.05) is 17.4 Å². The molecule has 2 rings (SSSR count). The van der Waals surface area contributed by atoms with Crippen molar-refractivity contribution in [3.63, 3.8) is 0 Å². The van der Waals surface area contributed by atoms with Crippen molar-refractivity contribution in [3.05, 3.63) is 35.1 Å². The smallest absolute Gasteiger partial charge is 0.254 e. The number of hydrogen-bond donors (Lipinski definition) is 2. The molecule has 1 unspecified atom stereocenters. The van der Waals surface area contributed by atoms with Gasteiger partial charge in [0.2, 0.25) is 0 Å². The van der Waals surface area contributed by atoms with Gasteiger partial charge in [0.05, 0.1) is 5.56 Å². The summed E-state index contributed by atoms with van der Waals surface area (Å²) in [7, 11) is 0. The Kier molecular flexibility index (Phi) is 6.09. The van der Waals surface area contributed by atoms with Crippen molar-refractivity contribution in [2.75, 3.05) is 18.9 Å². The van der Waals surface area contributed by atoms with Gasteiger partial charge in [0.1, 0.15) is 12.4 Å². The van der Waals surface area contributed by atoms with E-state index >= 15 is 0 Å². The van der Waals surface area contributed by atoms with E-state index in [2.05, 4.69) is 17.2 Å². The molecule has 1 aromatic rings. The van der Waals surface area contributed by atoms with Gasteiger partial charge in [0.25, 0.3) is 5.91 Å². The molecule has 1 aliphatic heterocycles. The van der Waals surface area contributed by atoms with Crippen molar-refractivity contribution in [3.8, 4) is 11.8 Å². The van der Waals surface area contributed by atoms with E-state index in [0.29, 0.717) is 17.4 Å². The van der Waals surface area contributed by atoms with Gasteiger partial charge >= 0.3 is 0 Å². The minimum absolute atomic E-state index is 0.0327. The summed E-state index contributed by atoms with van der Waals surface area (Å²) in [5, 5.41) is 11.8. The number of aliphatic hydroxyl groups excluding tert-OH is 1. The Morgan fingerprint density at radius 1 is 1.48 bits per heavy atom. The van der Waals surface area contributed by atoms with Gasteiger partial charge in [-0.25, -0.2) is 4.39 Å². The molecule has 1 aliphatic rings. The standard InChI is InChI=1S/C16H18FNO2S/c17-15-10-12(4-3-8-19)6-7-14(15)16(20)18-11-13-5-1-2-9-21-13/h6-7,10,13,19H,1-2,5,8-9,11H2,(H,18,20). The van der Waals surface area contributed by atoms with E-state index < -0.39 is 5.82 Å². The highest BCUT2D eigenvalue weighted by atomic mass is 32.2. The average molecular weight is 307 g/mol. The number of carbonyl (C=O) groups is 1. The molecule has 112 valence electrons. The maximum Gasteiger partial charge on any atom is 0.254 e. The monoisotopic (exact) mass is 307 g/mol. The SMILES string of the molecule is O=C(NCC1CCCCS1)c1ccc(C#CCO)cc1F. The normalized spacial score (nSPS) is 17.7. The lowest BCUT2D eigenvalue weighted by Gasteiger charge is -2.21. The fourth-order valence-corrected chi connectivity index (χ4v) is 3.43. The number of nitrogens with one attached hydrogen (secondary N) is 1. The van der Waals surface area contributed by atoms with Crippen molar-refractivity contribution in [1.82, 2.24) is 5.32 Å². The third kappa shape index (κ3) is 4.76. The van der Waals surface area contributed by atoms with Gasteiger partial charge < -0.3 is 10.4 Å². The molecule has 0 aliphatic carbocycles. The summed E-state index contributed by atoms with van der Waals surface area (Å²) in [5.74, 6) is 5.21. The molecule has 5 heteroatoms. The van der Waals surface area contributed by atoms with Crippen molar-refractivity contribution in [2.45, 2.75) is 24.5 Å². The average Bonchev–Trinajstić information content (AvgIpc) is 2.51. The Balaban J connectivity index is 1.95. The third-order valence-corrected chi connectivity index (χ3v) is 4.69. The van der Waals surface area contributed by atoms with Crippen LogP contribution in [0.15, 0.2) is 18.2 Å². The molecule has 0 radical (unpaired) electrons. The number of halogens is 1. The molecule has 3 nitrogen and oxygen atoms in total. The maximum absolute atomic E-state index is 13.9. The van der Waals surface area contributed by atoms with Gasteiger partial charge in [-0.05, 0) is 36.8 Å². The molecule has 0 spiro atoms. The minimum Gasteiger partial charge on any atom is -0.384 e. The number of aliphatic hydroxyl groups is 1. The lowest BCUT2D eigenvalue weighted by atomic mass is 10.1. The van der Waals surface area contributed by atoms with Crippen LogP contribution in [0.3, 0.4) is 0 Å². The summed E-state index contributed by atoms with van der Waals surface area (Å²) < 4.78 is 13.9. The van der Waals surface area contributed by atoms with Crippen LogP contribution in [-0.2, 0) is 0 Å². The highest BCUT2D eigenvalue weighted by Crippen LogP contribution is 2.24. The molecular weight excluding hydrogens is 289 g/mol. The Hall–Kier alpha value is -1.51. The van der Waals surface area contributed by atoms with E-state index in [1.165, 1.54) is 25.0 Å². The molecule has 1 aromatic carbocycles. The predicted octanol–water partition coefficient (Wildman–Crippen LogP) is 2.19. The zero-order chi connectivity index (χ0) is 15.1. The number of carbonyl (C=O) groups excluding carboxylic acids is 1. The summed E-state index contributed by atoms with van der Waals surface area (Å²) in [5.41, 5.74) is 0.478. The molecule has 0 aromatic heterocycles. The van der Waals surface area contributed by atoms with Crippen LogP contribution in [0, 0.1) is 17.7 Å². The van der Waals surface area contributed by atoms with Crippen LogP contribution in [0.4, 0.5) is 4.39 Å². The van der Waals surface area contributed by atoms with E-state index in [0.717, 1.165) is 12.2 Å². The second kappa shape index (κ2) is 8.06. The molecule has 1 amide bonds. The molecule has 2 N–H and O–H groups in total. The van der Waals surface area contributed by atoms with Gasteiger partial charge in [-0.3, -0.25) is 4.79 Å². The molecule has 21 heavy (non-hydrogen) atoms. The predicted molar refractivity (Wildman–Crippen MR) is 82.8 cm³/mol. The topological polar surface area (TPSA) is 49.3 Å². The second-order valence-electron chi connectivity index (χ2n) is 4.85. The summed E-state index contributed by atoms with van der Waals surface area (Å²) in [6.45, 7) is 0.303. The molecule has 0 saturated carbocycles. The van der Waals surface area contributed by atoms with Crippen LogP contribution in [0.25, 0.3) is 0 Å². The maximum atomic E-state index is 13.9. The lowest BCUT2D eigenvalue weighted by Crippen LogP contribution is -2.32. The zero-order valence-electron chi connectivity index (χ0n) is 11.7. The van der Waals surface area contributed by atoms with E-state index in [1.54, 1.807) is 6.07 Å². The van der Waals surface area contributed by atoms with E-state index in [4.69, 9.17) is 5.11 Å². The largest absolute Gasteiger partial charge is 0.384 e. The van der Waals surface area contributed by atoms with E-state index in [1.807, 2.05) is 11.8 Å². The van der Waals surface area contributed by atoms with Crippen molar-refractivity contribution in [1.29, 1.82) is 0 Å². The van der Waals surface area contributed by atoms with Crippen LogP contribution in [0.5, 0.6) is 0 Å². The molecule has 0 bridgehead atoms.